The van der Waals surface area contributed by atoms with E-state index in [0.29, 0.717) is 45.1 Å². The van der Waals surface area contributed by atoms with Gasteiger partial charge in [0.2, 0.25) is 5.91 Å². The average molecular weight is 581 g/mol. The number of aryl methyl sites for hydroxylation is 3. The summed E-state index contributed by atoms with van der Waals surface area (Å²) in [5, 5.41) is 4.09. The summed E-state index contributed by atoms with van der Waals surface area (Å²) in [6.45, 7) is 9.56. The molecule has 12 heteroatoms. The number of hydrogen-bond acceptors (Lipinski definition) is 8. The zero-order chi connectivity index (χ0) is 28.8. The minimum Gasteiger partial charge on any atom is -0.354 e. The lowest BCUT2D eigenvalue weighted by Crippen LogP contribution is -2.43. The number of amides is 1. The molecule has 1 amide bonds. The zero-order valence-corrected chi connectivity index (χ0v) is 24.7. The monoisotopic (exact) mass is 580 g/mol. The van der Waals surface area contributed by atoms with Crippen LogP contribution in [0.4, 0.5) is 5.69 Å². The molecule has 5 rings (SSSR count). The van der Waals surface area contributed by atoms with Crippen LogP contribution < -0.4 is 15.6 Å². The van der Waals surface area contributed by atoms with Crippen LogP contribution in [-0.4, -0.2) is 39.9 Å². The number of nitrogens with one attached hydrogen (secondary N) is 2. The lowest BCUT2D eigenvalue weighted by atomic mass is 9.74. The number of nitrogens with zero attached hydrogens (tertiary/aromatic N) is 4. The maximum atomic E-state index is 13.4. The molecule has 40 heavy (non-hydrogen) atoms. The summed E-state index contributed by atoms with van der Waals surface area (Å²) in [6, 6.07) is 7.21. The number of sulfonamides is 1. The van der Waals surface area contributed by atoms with E-state index in [4.69, 9.17) is 0 Å². The molecule has 0 spiro atoms. The number of aromatic nitrogens is 4. The number of carbonyl (C=O) groups excluding carboxylic acids is 1. The first-order chi connectivity index (χ1) is 18.9. The molecule has 4 aromatic rings. The molecule has 0 bridgehead atoms. The summed E-state index contributed by atoms with van der Waals surface area (Å²) in [5.74, 6) is 0.309. The Balaban J connectivity index is 1.38. The Bertz CT molecular complexity index is 1770. The number of carbonyl (C=O) groups is 1. The van der Waals surface area contributed by atoms with E-state index < -0.39 is 10.0 Å². The molecule has 1 aliphatic carbocycles. The number of thiazole rings is 1. The Hall–Kier alpha value is -3.64. The van der Waals surface area contributed by atoms with Crippen molar-refractivity contribution in [2.45, 2.75) is 64.3 Å². The number of fused-ring (bicyclic) bond motifs is 1. The third kappa shape index (κ3) is 5.64. The molecule has 0 aliphatic heterocycles. The standard InChI is InChI=1S/C28H32N6O4S2/c1-15(2)31-26(35)21-8-19(9-21)13-34-14-30-24-7-6-20(10-23(24)27(34)36)22-11-25(16(3)29-12-22)33-40(37,38)28-17(4)32-18(5)39-28/h6-7,10-12,14-15,19,21,33H,8-9,13H2,1-5H3,(H,31,35). The minimum absolute atomic E-state index is 0.00667. The smallest absolute Gasteiger partial charge is 0.273 e. The van der Waals surface area contributed by atoms with Crippen LogP contribution in [0, 0.1) is 32.6 Å². The summed E-state index contributed by atoms with van der Waals surface area (Å²) in [4.78, 5) is 38.7. The molecule has 3 aromatic heterocycles. The number of hydrogen-bond donors (Lipinski definition) is 2. The van der Waals surface area contributed by atoms with Crippen molar-refractivity contribution in [1.82, 2.24) is 24.8 Å². The third-order valence-corrected chi connectivity index (χ3v) is 10.1. The van der Waals surface area contributed by atoms with Gasteiger partial charge in [-0.2, -0.15) is 0 Å². The number of benzene rings is 1. The first-order valence-electron chi connectivity index (χ1n) is 13.1. The van der Waals surface area contributed by atoms with Crippen molar-refractivity contribution in [3.63, 3.8) is 0 Å². The summed E-state index contributed by atoms with van der Waals surface area (Å²) in [6.07, 6.45) is 4.71. The fourth-order valence-electron chi connectivity index (χ4n) is 5.00. The predicted octanol–water partition coefficient (Wildman–Crippen LogP) is 4.19. The van der Waals surface area contributed by atoms with E-state index in [0.717, 1.165) is 29.7 Å². The van der Waals surface area contributed by atoms with Crippen molar-refractivity contribution in [2.75, 3.05) is 4.72 Å². The molecule has 0 unspecified atom stereocenters. The van der Waals surface area contributed by atoms with Crippen molar-refractivity contribution >= 4 is 43.9 Å². The third-order valence-electron chi connectivity index (χ3n) is 7.09. The van der Waals surface area contributed by atoms with E-state index in [-0.39, 0.29) is 33.6 Å². The van der Waals surface area contributed by atoms with Crippen LogP contribution >= 0.6 is 11.3 Å². The van der Waals surface area contributed by atoms with E-state index in [1.54, 1.807) is 56.1 Å². The Kier molecular flexibility index (Phi) is 7.49. The summed E-state index contributed by atoms with van der Waals surface area (Å²) in [5.41, 5.74) is 3.13. The SMILES string of the molecule is Cc1nc(C)c(S(=O)(=O)Nc2cc(-c3ccc4ncn(CC5CC(C(=O)NC(C)C)C5)c(=O)c4c3)cnc2C)s1. The molecular weight excluding hydrogens is 548 g/mol. The average Bonchev–Trinajstić information content (AvgIpc) is 3.21. The van der Waals surface area contributed by atoms with Gasteiger partial charge >= 0.3 is 0 Å². The van der Waals surface area contributed by atoms with Crippen molar-refractivity contribution < 1.29 is 13.2 Å². The summed E-state index contributed by atoms with van der Waals surface area (Å²) < 4.78 is 30.6. The first-order valence-corrected chi connectivity index (χ1v) is 15.4. The normalized spacial score (nSPS) is 17.1. The first kappa shape index (κ1) is 27.9. The van der Waals surface area contributed by atoms with E-state index >= 15 is 0 Å². The van der Waals surface area contributed by atoms with Gasteiger partial charge in [-0.15, -0.1) is 11.3 Å². The van der Waals surface area contributed by atoms with Crippen LogP contribution in [0.2, 0.25) is 0 Å². The highest BCUT2D eigenvalue weighted by Gasteiger charge is 2.35. The lowest BCUT2D eigenvalue weighted by molar-refractivity contribution is -0.129. The molecule has 3 heterocycles. The van der Waals surface area contributed by atoms with Gasteiger partial charge in [0.25, 0.3) is 15.6 Å². The van der Waals surface area contributed by atoms with Crippen molar-refractivity contribution in [3.05, 3.63) is 63.5 Å². The number of anilines is 1. The van der Waals surface area contributed by atoms with E-state index in [1.165, 1.54) is 0 Å². The van der Waals surface area contributed by atoms with Gasteiger partial charge in [-0.1, -0.05) is 6.07 Å². The van der Waals surface area contributed by atoms with Gasteiger partial charge in [0.1, 0.15) is 0 Å². The maximum Gasteiger partial charge on any atom is 0.273 e. The Morgan fingerprint density at radius 1 is 1.10 bits per heavy atom. The summed E-state index contributed by atoms with van der Waals surface area (Å²) in [7, 11) is -3.84. The molecule has 2 N–H and O–H groups in total. The van der Waals surface area contributed by atoms with E-state index in [9.17, 15) is 18.0 Å². The fraction of sp³-hybridized carbons (Fsp3) is 0.393. The van der Waals surface area contributed by atoms with Gasteiger partial charge < -0.3 is 5.32 Å². The Morgan fingerprint density at radius 2 is 1.85 bits per heavy atom. The molecule has 0 saturated heterocycles. The fourth-order valence-corrected chi connectivity index (χ4v) is 7.59. The van der Waals surface area contributed by atoms with Crippen LogP contribution in [0.25, 0.3) is 22.0 Å². The van der Waals surface area contributed by atoms with Crippen LogP contribution in [0.3, 0.4) is 0 Å². The minimum atomic E-state index is -3.84. The number of rotatable bonds is 8. The van der Waals surface area contributed by atoms with Gasteiger partial charge in [0, 0.05) is 30.3 Å². The highest BCUT2D eigenvalue weighted by molar-refractivity contribution is 7.94. The van der Waals surface area contributed by atoms with E-state index in [2.05, 4.69) is 25.0 Å². The Labute approximate surface area is 237 Å². The zero-order valence-electron chi connectivity index (χ0n) is 23.1. The molecule has 10 nitrogen and oxygen atoms in total. The molecule has 210 valence electrons. The maximum absolute atomic E-state index is 13.4. The molecular formula is C28H32N6O4S2. The van der Waals surface area contributed by atoms with Gasteiger partial charge in [-0.25, -0.2) is 18.4 Å². The van der Waals surface area contributed by atoms with Gasteiger partial charge in [-0.3, -0.25) is 23.9 Å². The highest BCUT2D eigenvalue weighted by Crippen LogP contribution is 2.35. The van der Waals surface area contributed by atoms with Gasteiger partial charge in [0.15, 0.2) is 4.21 Å². The second-order valence-electron chi connectivity index (χ2n) is 10.7. The summed E-state index contributed by atoms with van der Waals surface area (Å²) >= 11 is 1.12. The topological polar surface area (TPSA) is 136 Å². The van der Waals surface area contributed by atoms with Crippen molar-refractivity contribution in [3.8, 4) is 11.1 Å². The van der Waals surface area contributed by atoms with E-state index in [1.807, 2.05) is 19.9 Å². The quantitative estimate of drug-likeness (QED) is 0.319. The Morgan fingerprint density at radius 3 is 2.52 bits per heavy atom. The van der Waals surface area contributed by atoms with Crippen molar-refractivity contribution in [2.24, 2.45) is 11.8 Å². The second-order valence-corrected chi connectivity index (χ2v) is 13.8. The van der Waals surface area contributed by atoms with Crippen LogP contribution in [0.15, 0.2) is 45.8 Å². The van der Waals surface area contributed by atoms with Crippen LogP contribution in [0.5, 0.6) is 0 Å². The number of pyridine rings is 1. The lowest BCUT2D eigenvalue weighted by Gasteiger charge is -2.35. The molecule has 1 fully saturated rings. The molecule has 0 radical (unpaired) electrons. The van der Waals surface area contributed by atoms with Gasteiger partial charge in [-0.05, 0) is 77.1 Å². The largest absolute Gasteiger partial charge is 0.354 e. The predicted molar refractivity (Wildman–Crippen MR) is 156 cm³/mol. The van der Waals surface area contributed by atoms with Crippen LogP contribution in [0.1, 0.15) is 43.1 Å². The highest BCUT2D eigenvalue weighted by atomic mass is 32.2. The molecule has 0 atom stereocenters. The van der Waals surface area contributed by atoms with Crippen molar-refractivity contribution in [1.29, 1.82) is 0 Å². The van der Waals surface area contributed by atoms with Crippen LogP contribution in [-0.2, 0) is 21.4 Å². The molecule has 1 aliphatic rings. The molecule has 1 saturated carbocycles. The van der Waals surface area contributed by atoms with Gasteiger partial charge in [0.05, 0.1) is 39.3 Å². The second kappa shape index (κ2) is 10.7. The molecule has 1 aromatic carbocycles.